The Kier molecular flexibility index (Phi) is 4.68. The molecule has 0 unspecified atom stereocenters. The Hall–Kier alpha value is -0.465. The maximum Gasteiger partial charge on any atom is 0.114 e. The molecule has 3 heteroatoms. The summed E-state index contributed by atoms with van der Waals surface area (Å²) < 4.78 is 5.50. The third-order valence-electron chi connectivity index (χ3n) is 2.42. The lowest BCUT2D eigenvalue weighted by molar-refractivity contribution is 0.0769. The van der Waals surface area contributed by atoms with Crippen LogP contribution in [0.1, 0.15) is 25.0 Å². The van der Waals surface area contributed by atoms with E-state index >= 15 is 0 Å². The molecule has 0 saturated carbocycles. The normalized spacial score (nSPS) is 12.8. The Morgan fingerprint density at radius 1 is 1.47 bits per heavy atom. The number of rotatable bonds is 4. The van der Waals surface area contributed by atoms with Crippen LogP contribution in [0.5, 0.6) is 0 Å². The second-order valence-corrected chi connectivity index (χ2v) is 4.20. The van der Waals surface area contributed by atoms with Crippen LogP contribution in [0.15, 0.2) is 12.1 Å². The van der Waals surface area contributed by atoms with Crippen molar-refractivity contribution in [2.24, 2.45) is 0 Å². The summed E-state index contributed by atoms with van der Waals surface area (Å²) in [6, 6.07) is 3.73. The molecule has 1 aromatic rings. The SMILES string of the molecule is [B]c1cc(Cl)cc(C)c1C[C@H](C)OCC. The van der Waals surface area contributed by atoms with Crippen molar-refractivity contribution in [2.75, 3.05) is 6.61 Å². The third-order valence-corrected chi connectivity index (χ3v) is 2.63. The molecule has 2 radical (unpaired) electrons. The molecule has 0 aliphatic rings. The van der Waals surface area contributed by atoms with Gasteiger partial charge in [-0.05, 0) is 44.4 Å². The standard InChI is InChI=1S/C12H16BClO/c1-4-15-9(3)6-11-8(2)5-10(14)7-12(11)13/h5,7,9H,4,6H2,1-3H3/t9-/m0/s1. The topological polar surface area (TPSA) is 9.23 Å². The van der Waals surface area contributed by atoms with Crippen LogP contribution >= 0.6 is 11.6 Å². The summed E-state index contributed by atoms with van der Waals surface area (Å²) >= 11 is 5.91. The van der Waals surface area contributed by atoms with Crippen molar-refractivity contribution in [2.45, 2.75) is 33.3 Å². The van der Waals surface area contributed by atoms with Crippen LogP contribution in [-0.4, -0.2) is 20.6 Å². The van der Waals surface area contributed by atoms with Crippen LogP contribution in [0.3, 0.4) is 0 Å². The number of aryl methyl sites for hydroxylation is 1. The monoisotopic (exact) mass is 222 g/mol. The first-order chi connectivity index (χ1) is 7.04. The van der Waals surface area contributed by atoms with Gasteiger partial charge in [0, 0.05) is 11.6 Å². The van der Waals surface area contributed by atoms with Gasteiger partial charge in [-0.2, -0.15) is 0 Å². The number of ether oxygens (including phenoxy) is 1. The number of hydrogen-bond acceptors (Lipinski definition) is 1. The molecule has 0 aromatic heterocycles. The Morgan fingerprint density at radius 3 is 2.67 bits per heavy atom. The summed E-state index contributed by atoms with van der Waals surface area (Å²) in [5.74, 6) is 0. The minimum atomic E-state index is 0.192. The molecule has 1 rings (SSSR count). The van der Waals surface area contributed by atoms with E-state index in [0.29, 0.717) is 5.02 Å². The molecule has 80 valence electrons. The molecular weight excluding hydrogens is 206 g/mol. The Balaban J connectivity index is 2.85. The van der Waals surface area contributed by atoms with E-state index in [0.717, 1.165) is 29.6 Å². The molecule has 0 spiro atoms. The molecule has 1 atom stereocenters. The van der Waals surface area contributed by atoms with Crippen molar-refractivity contribution >= 4 is 24.9 Å². The van der Waals surface area contributed by atoms with Crippen LogP contribution in [0.25, 0.3) is 0 Å². The van der Waals surface area contributed by atoms with Gasteiger partial charge < -0.3 is 4.74 Å². The first-order valence-corrected chi connectivity index (χ1v) is 5.58. The van der Waals surface area contributed by atoms with Crippen molar-refractivity contribution in [3.8, 4) is 0 Å². The average molecular weight is 223 g/mol. The van der Waals surface area contributed by atoms with Gasteiger partial charge in [-0.1, -0.05) is 23.1 Å². The predicted molar refractivity (Wildman–Crippen MR) is 66.4 cm³/mol. The smallest absolute Gasteiger partial charge is 0.114 e. The highest BCUT2D eigenvalue weighted by Gasteiger charge is 2.08. The number of benzene rings is 1. The van der Waals surface area contributed by atoms with Crippen LogP contribution in [0, 0.1) is 6.92 Å². The lowest BCUT2D eigenvalue weighted by Gasteiger charge is -2.16. The van der Waals surface area contributed by atoms with E-state index < -0.39 is 0 Å². The Labute approximate surface area is 98.2 Å². The summed E-state index contributed by atoms with van der Waals surface area (Å²) in [5.41, 5.74) is 3.03. The lowest BCUT2D eigenvalue weighted by atomic mass is 9.85. The fraction of sp³-hybridized carbons (Fsp3) is 0.500. The van der Waals surface area contributed by atoms with E-state index in [-0.39, 0.29) is 6.10 Å². The van der Waals surface area contributed by atoms with Crippen molar-refractivity contribution in [1.82, 2.24) is 0 Å². The van der Waals surface area contributed by atoms with Crippen molar-refractivity contribution in [3.05, 3.63) is 28.3 Å². The summed E-state index contributed by atoms with van der Waals surface area (Å²) in [7, 11) is 5.93. The second-order valence-electron chi connectivity index (χ2n) is 3.76. The van der Waals surface area contributed by atoms with E-state index in [1.165, 1.54) is 0 Å². The van der Waals surface area contributed by atoms with E-state index in [1.54, 1.807) is 6.07 Å². The highest BCUT2D eigenvalue weighted by molar-refractivity contribution is 6.37. The minimum absolute atomic E-state index is 0.192. The summed E-state index contributed by atoms with van der Waals surface area (Å²) in [6.07, 6.45) is 1.03. The molecule has 0 aliphatic heterocycles. The van der Waals surface area contributed by atoms with Gasteiger partial charge in [0.1, 0.15) is 7.85 Å². The van der Waals surface area contributed by atoms with Crippen LogP contribution in [0.2, 0.25) is 5.02 Å². The van der Waals surface area contributed by atoms with Crippen LogP contribution in [0.4, 0.5) is 0 Å². The molecule has 0 bridgehead atoms. The third kappa shape index (κ3) is 3.55. The van der Waals surface area contributed by atoms with Crippen LogP contribution in [-0.2, 0) is 11.2 Å². The van der Waals surface area contributed by atoms with E-state index in [1.807, 2.05) is 19.9 Å². The van der Waals surface area contributed by atoms with Gasteiger partial charge in [0.25, 0.3) is 0 Å². The van der Waals surface area contributed by atoms with E-state index in [2.05, 4.69) is 6.92 Å². The quantitative estimate of drug-likeness (QED) is 0.711. The molecule has 0 N–H and O–H groups in total. The Morgan fingerprint density at radius 2 is 2.13 bits per heavy atom. The summed E-state index contributed by atoms with van der Waals surface area (Å²) in [5, 5.41) is 0.692. The number of halogens is 1. The molecule has 1 nitrogen and oxygen atoms in total. The highest BCUT2D eigenvalue weighted by Crippen LogP contribution is 2.15. The maximum absolute atomic E-state index is 5.93. The average Bonchev–Trinajstić information content (AvgIpc) is 2.11. The predicted octanol–water partition coefficient (Wildman–Crippen LogP) is 2.41. The molecular formula is C12H16BClO. The molecule has 0 saturated heterocycles. The molecule has 0 amide bonds. The van der Waals surface area contributed by atoms with Gasteiger partial charge in [-0.15, -0.1) is 0 Å². The van der Waals surface area contributed by atoms with Gasteiger partial charge in [0.2, 0.25) is 0 Å². The first-order valence-electron chi connectivity index (χ1n) is 5.20. The van der Waals surface area contributed by atoms with Crippen molar-refractivity contribution in [3.63, 3.8) is 0 Å². The minimum Gasteiger partial charge on any atom is -0.378 e. The van der Waals surface area contributed by atoms with E-state index in [9.17, 15) is 0 Å². The second kappa shape index (κ2) is 5.57. The molecule has 1 aromatic carbocycles. The first kappa shape index (κ1) is 12.6. The van der Waals surface area contributed by atoms with E-state index in [4.69, 9.17) is 24.2 Å². The zero-order valence-corrected chi connectivity index (χ0v) is 10.3. The van der Waals surface area contributed by atoms with Gasteiger partial charge >= 0.3 is 0 Å². The van der Waals surface area contributed by atoms with Crippen molar-refractivity contribution < 1.29 is 4.74 Å². The lowest BCUT2D eigenvalue weighted by Crippen LogP contribution is -2.20. The summed E-state index contributed by atoms with van der Waals surface area (Å²) in [4.78, 5) is 0. The zero-order chi connectivity index (χ0) is 11.4. The molecule has 15 heavy (non-hydrogen) atoms. The number of hydrogen-bond donors (Lipinski definition) is 0. The molecule has 0 fully saturated rings. The molecule has 0 heterocycles. The van der Waals surface area contributed by atoms with Crippen LogP contribution < -0.4 is 5.46 Å². The van der Waals surface area contributed by atoms with Gasteiger partial charge in [0.15, 0.2) is 0 Å². The van der Waals surface area contributed by atoms with Gasteiger partial charge in [-0.25, -0.2) is 0 Å². The largest absolute Gasteiger partial charge is 0.378 e. The Bertz CT molecular complexity index is 315. The highest BCUT2D eigenvalue weighted by atomic mass is 35.5. The van der Waals surface area contributed by atoms with Gasteiger partial charge in [0.05, 0.1) is 6.10 Å². The fourth-order valence-electron chi connectivity index (χ4n) is 1.71. The zero-order valence-electron chi connectivity index (χ0n) is 9.51. The van der Waals surface area contributed by atoms with Crippen molar-refractivity contribution in [1.29, 1.82) is 0 Å². The molecule has 0 aliphatic carbocycles. The maximum atomic E-state index is 5.93. The van der Waals surface area contributed by atoms with Gasteiger partial charge in [-0.3, -0.25) is 0 Å². The summed E-state index contributed by atoms with van der Waals surface area (Å²) in [6.45, 7) is 6.80. The fourth-order valence-corrected chi connectivity index (χ4v) is 1.99.